The van der Waals surface area contributed by atoms with Crippen LogP contribution in [0, 0.1) is 0 Å². The number of carbonyl (C=O) groups is 3. The number of rotatable bonds is 6. The number of nitrogens with zero attached hydrogens (tertiary/aromatic N) is 1. The lowest BCUT2D eigenvalue weighted by Gasteiger charge is -2.29. The summed E-state index contributed by atoms with van der Waals surface area (Å²) in [4.78, 5) is 38.0. The Hall–Kier alpha value is -3.26. The van der Waals surface area contributed by atoms with Crippen LogP contribution in [-0.2, 0) is 16.0 Å². The van der Waals surface area contributed by atoms with Crippen molar-refractivity contribution in [2.75, 3.05) is 24.7 Å². The predicted molar refractivity (Wildman–Crippen MR) is 119 cm³/mol. The Morgan fingerprint density at radius 3 is 2.77 bits per heavy atom. The van der Waals surface area contributed by atoms with E-state index in [2.05, 4.69) is 5.32 Å². The number of anilines is 1. The Kier molecular flexibility index (Phi) is 6.27. The molecule has 0 spiro atoms. The SMILES string of the molecule is CCOc1cc(C=C2SC(=O)NC2=O)ccc1OCC(=O)N1CCCc2ccccc21. The molecule has 8 heteroatoms. The van der Waals surface area contributed by atoms with E-state index in [0.717, 1.165) is 30.3 Å². The van der Waals surface area contributed by atoms with Crippen molar-refractivity contribution in [3.05, 3.63) is 58.5 Å². The molecule has 2 aromatic carbocycles. The van der Waals surface area contributed by atoms with E-state index in [1.54, 1.807) is 29.2 Å². The lowest BCUT2D eigenvalue weighted by Crippen LogP contribution is -2.38. The van der Waals surface area contributed by atoms with E-state index >= 15 is 0 Å². The number of thioether (sulfide) groups is 1. The molecular weight excluding hydrogens is 416 g/mol. The number of imide groups is 1. The zero-order valence-corrected chi connectivity index (χ0v) is 17.9. The molecule has 3 amide bonds. The Balaban J connectivity index is 1.48. The van der Waals surface area contributed by atoms with Crippen molar-refractivity contribution in [1.82, 2.24) is 5.32 Å². The third-order valence-corrected chi connectivity index (χ3v) is 5.78. The summed E-state index contributed by atoms with van der Waals surface area (Å²) in [6.07, 6.45) is 3.51. The maximum Gasteiger partial charge on any atom is 0.290 e. The minimum absolute atomic E-state index is 0.110. The van der Waals surface area contributed by atoms with Crippen LogP contribution in [0.5, 0.6) is 11.5 Å². The number of fused-ring (bicyclic) bond motifs is 1. The summed E-state index contributed by atoms with van der Waals surface area (Å²) in [6.45, 7) is 2.82. The number of amides is 3. The van der Waals surface area contributed by atoms with Gasteiger partial charge in [0.2, 0.25) is 0 Å². The predicted octanol–water partition coefficient (Wildman–Crippen LogP) is 3.77. The molecule has 1 N–H and O–H groups in total. The fourth-order valence-electron chi connectivity index (χ4n) is 3.58. The summed E-state index contributed by atoms with van der Waals surface area (Å²) in [7, 11) is 0. The smallest absolute Gasteiger partial charge is 0.290 e. The molecule has 1 fully saturated rings. The summed E-state index contributed by atoms with van der Waals surface area (Å²) in [5.74, 6) is 0.389. The van der Waals surface area contributed by atoms with E-state index in [9.17, 15) is 14.4 Å². The number of carbonyl (C=O) groups excluding carboxylic acids is 3. The molecule has 0 radical (unpaired) electrons. The number of ether oxygens (including phenoxy) is 2. The molecule has 2 heterocycles. The van der Waals surface area contributed by atoms with Crippen molar-refractivity contribution in [2.45, 2.75) is 19.8 Å². The summed E-state index contributed by atoms with van der Waals surface area (Å²) < 4.78 is 11.5. The minimum Gasteiger partial charge on any atom is -0.490 e. The van der Waals surface area contributed by atoms with Crippen LogP contribution in [-0.4, -0.2) is 36.8 Å². The molecule has 4 rings (SSSR count). The lowest BCUT2D eigenvalue weighted by atomic mass is 10.0. The van der Waals surface area contributed by atoms with Crippen LogP contribution in [0.3, 0.4) is 0 Å². The molecule has 0 atom stereocenters. The molecular formula is C23H22N2O5S. The van der Waals surface area contributed by atoms with Gasteiger partial charge in [-0.15, -0.1) is 0 Å². The molecule has 160 valence electrons. The highest BCUT2D eigenvalue weighted by atomic mass is 32.2. The summed E-state index contributed by atoms with van der Waals surface area (Å²) in [5.41, 5.74) is 2.80. The van der Waals surface area contributed by atoms with Crippen molar-refractivity contribution in [3.63, 3.8) is 0 Å². The van der Waals surface area contributed by atoms with Gasteiger partial charge in [-0.2, -0.15) is 0 Å². The molecule has 2 aliphatic heterocycles. The van der Waals surface area contributed by atoms with Crippen LogP contribution in [0.15, 0.2) is 47.4 Å². The number of hydrogen-bond acceptors (Lipinski definition) is 6. The van der Waals surface area contributed by atoms with E-state index in [0.29, 0.717) is 35.1 Å². The number of benzene rings is 2. The molecule has 0 saturated carbocycles. The van der Waals surface area contributed by atoms with Gasteiger partial charge in [-0.05, 0) is 66.9 Å². The minimum atomic E-state index is -0.416. The lowest BCUT2D eigenvalue weighted by molar-refractivity contribution is -0.120. The van der Waals surface area contributed by atoms with Crippen LogP contribution in [0.2, 0.25) is 0 Å². The zero-order chi connectivity index (χ0) is 21.8. The second-order valence-electron chi connectivity index (χ2n) is 7.06. The first kappa shape index (κ1) is 21.0. The average Bonchev–Trinajstić information content (AvgIpc) is 3.09. The van der Waals surface area contributed by atoms with Gasteiger partial charge in [-0.1, -0.05) is 24.3 Å². The normalized spacial score (nSPS) is 16.8. The fraction of sp³-hybridized carbons (Fsp3) is 0.261. The van der Waals surface area contributed by atoms with E-state index in [4.69, 9.17) is 9.47 Å². The van der Waals surface area contributed by atoms with Crippen LogP contribution in [0.4, 0.5) is 10.5 Å². The standard InChI is InChI=1S/C23H22N2O5S/c1-2-29-19-12-15(13-20-22(27)24-23(28)31-20)9-10-18(19)30-14-21(26)25-11-5-7-16-6-3-4-8-17(16)25/h3-4,6,8-10,12-13H,2,5,7,11,14H2,1H3,(H,24,27,28). The van der Waals surface area contributed by atoms with E-state index in [1.165, 1.54) is 5.56 Å². The van der Waals surface area contributed by atoms with Crippen LogP contribution < -0.4 is 19.7 Å². The molecule has 31 heavy (non-hydrogen) atoms. The largest absolute Gasteiger partial charge is 0.490 e. The zero-order valence-electron chi connectivity index (χ0n) is 17.1. The number of hydrogen-bond donors (Lipinski definition) is 1. The molecule has 0 bridgehead atoms. The van der Waals surface area contributed by atoms with Crippen molar-refractivity contribution < 1.29 is 23.9 Å². The first-order valence-corrected chi connectivity index (χ1v) is 10.9. The van der Waals surface area contributed by atoms with Gasteiger partial charge in [0.15, 0.2) is 18.1 Å². The number of nitrogens with one attached hydrogen (secondary N) is 1. The summed E-state index contributed by atoms with van der Waals surface area (Å²) in [6, 6.07) is 13.1. The van der Waals surface area contributed by atoms with Crippen molar-refractivity contribution >= 4 is 40.6 Å². The van der Waals surface area contributed by atoms with Gasteiger partial charge < -0.3 is 14.4 Å². The first-order chi connectivity index (χ1) is 15.0. The van der Waals surface area contributed by atoms with Crippen molar-refractivity contribution in [1.29, 1.82) is 0 Å². The Bertz CT molecular complexity index is 1070. The quantitative estimate of drug-likeness (QED) is 0.691. The summed E-state index contributed by atoms with van der Waals surface area (Å²) in [5, 5.41) is 1.84. The second kappa shape index (κ2) is 9.26. The third kappa shape index (κ3) is 4.74. The average molecular weight is 439 g/mol. The Morgan fingerprint density at radius 1 is 1.16 bits per heavy atom. The van der Waals surface area contributed by atoms with E-state index < -0.39 is 5.91 Å². The van der Waals surface area contributed by atoms with Gasteiger partial charge >= 0.3 is 0 Å². The van der Waals surface area contributed by atoms with Gasteiger partial charge in [-0.25, -0.2) is 0 Å². The maximum absolute atomic E-state index is 12.8. The topological polar surface area (TPSA) is 84.9 Å². The highest BCUT2D eigenvalue weighted by Crippen LogP contribution is 2.32. The summed E-state index contributed by atoms with van der Waals surface area (Å²) >= 11 is 0.856. The van der Waals surface area contributed by atoms with Gasteiger partial charge in [0.1, 0.15) is 0 Å². The second-order valence-corrected chi connectivity index (χ2v) is 8.07. The van der Waals surface area contributed by atoms with Gasteiger partial charge in [0.25, 0.3) is 17.1 Å². The molecule has 2 aliphatic rings. The highest BCUT2D eigenvalue weighted by molar-refractivity contribution is 8.18. The molecule has 0 aromatic heterocycles. The maximum atomic E-state index is 12.8. The van der Waals surface area contributed by atoms with Gasteiger partial charge in [0.05, 0.1) is 11.5 Å². The van der Waals surface area contributed by atoms with Gasteiger partial charge in [-0.3, -0.25) is 19.7 Å². The molecule has 0 unspecified atom stereocenters. The van der Waals surface area contributed by atoms with Crippen molar-refractivity contribution in [2.24, 2.45) is 0 Å². The molecule has 7 nitrogen and oxygen atoms in total. The molecule has 2 aromatic rings. The highest BCUT2D eigenvalue weighted by Gasteiger charge is 2.25. The Labute approximate surface area is 184 Å². The number of para-hydroxylation sites is 1. The Morgan fingerprint density at radius 2 is 2.00 bits per heavy atom. The molecule has 0 aliphatic carbocycles. The van der Waals surface area contributed by atoms with E-state index in [-0.39, 0.29) is 17.8 Å². The van der Waals surface area contributed by atoms with Crippen molar-refractivity contribution in [3.8, 4) is 11.5 Å². The first-order valence-electron chi connectivity index (χ1n) is 10.1. The monoisotopic (exact) mass is 438 g/mol. The third-order valence-electron chi connectivity index (χ3n) is 4.97. The molecule has 1 saturated heterocycles. The van der Waals surface area contributed by atoms with Crippen LogP contribution in [0.1, 0.15) is 24.5 Å². The van der Waals surface area contributed by atoms with Crippen LogP contribution >= 0.6 is 11.8 Å². The number of aryl methyl sites for hydroxylation is 1. The fourth-order valence-corrected chi connectivity index (χ4v) is 4.27. The van der Waals surface area contributed by atoms with Gasteiger partial charge in [0, 0.05) is 12.2 Å². The van der Waals surface area contributed by atoms with E-state index in [1.807, 2.05) is 31.2 Å². The van der Waals surface area contributed by atoms with Crippen LogP contribution in [0.25, 0.3) is 6.08 Å².